The van der Waals surface area contributed by atoms with E-state index in [0.29, 0.717) is 19.4 Å². The smallest absolute Gasteiger partial charge is 0.324 e. The molecule has 8 nitrogen and oxygen atoms in total. The van der Waals surface area contributed by atoms with Crippen molar-refractivity contribution < 1.29 is 17.9 Å². The average Bonchev–Trinajstić information content (AvgIpc) is 3.11. The van der Waals surface area contributed by atoms with Crippen LogP contribution in [0.1, 0.15) is 51.9 Å². The summed E-state index contributed by atoms with van der Waals surface area (Å²) in [7, 11) is -3.89. The van der Waals surface area contributed by atoms with Gasteiger partial charge in [0, 0.05) is 19.3 Å². The number of ether oxygens (including phenoxy) is 1. The maximum atomic E-state index is 13.6. The Morgan fingerprint density at radius 3 is 2.47 bits per heavy atom. The third kappa shape index (κ3) is 5.64. The van der Waals surface area contributed by atoms with Gasteiger partial charge in [0.25, 0.3) is 0 Å². The number of aryl methyl sites for hydroxylation is 1. The Morgan fingerprint density at radius 2 is 1.85 bits per heavy atom. The first-order valence-corrected chi connectivity index (χ1v) is 13.2. The van der Waals surface area contributed by atoms with Gasteiger partial charge in [-0.15, -0.1) is 0 Å². The number of fused-ring (bicyclic) bond motifs is 1. The molecule has 0 aliphatic rings. The summed E-state index contributed by atoms with van der Waals surface area (Å²) >= 11 is 0. The number of carbonyl (C=O) groups is 1. The van der Waals surface area contributed by atoms with E-state index in [0.717, 1.165) is 22.4 Å². The highest BCUT2D eigenvalue weighted by molar-refractivity contribution is 7.89. The fourth-order valence-corrected chi connectivity index (χ4v) is 5.74. The first-order chi connectivity index (χ1) is 16.2. The maximum absolute atomic E-state index is 13.6. The second-order valence-electron chi connectivity index (χ2n) is 8.77. The van der Waals surface area contributed by atoms with E-state index in [1.807, 2.05) is 33.8 Å². The summed E-state index contributed by atoms with van der Waals surface area (Å²) in [5, 5.41) is 0. The van der Waals surface area contributed by atoms with E-state index in [4.69, 9.17) is 4.74 Å². The van der Waals surface area contributed by atoms with E-state index in [1.165, 1.54) is 4.31 Å². The second-order valence-corrected chi connectivity index (χ2v) is 10.7. The van der Waals surface area contributed by atoms with Crippen LogP contribution in [0.4, 0.5) is 0 Å². The van der Waals surface area contributed by atoms with Gasteiger partial charge in [-0.05, 0) is 56.4 Å². The molecular weight excluding hydrogens is 452 g/mol. The number of sulfonamides is 1. The molecular formula is C25H34N4O4S. The molecule has 0 fully saturated rings. The normalized spacial score (nSPS) is 13.0. The van der Waals surface area contributed by atoms with Crippen LogP contribution >= 0.6 is 0 Å². The fraction of sp³-hybridized carbons (Fsp3) is 0.480. The molecule has 0 aliphatic heterocycles. The van der Waals surface area contributed by atoms with Crippen LogP contribution in [0.15, 0.2) is 47.6 Å². The highest BCUT2D eigenvalue weighted by atomic mass is 32.2. The minimum atomic E-state index is -3.89. The van der Waals surface area contributed by atoms with Gasteiger partial charge in [-0.2, -0.15) is 4.31 Å². The number of pyridine rings is 1. The van der Waals surface area contributed by atoms with Crippen molar-refractivity contribution >= 4 is 27.0 Å². The minimum absolute atomic E-state index is 0.133. The van der Waals surface area contributed by atoms with E-state index in [-0.39, 0.29) is 24.0 Å². The second kappa shape index (κ2) is 11.1. The predicted molar refractivity (Wildman–Crippen MR) is 132 cm³/mol. The predicted octanol–water partition coefficient (Wildman–Crippen LogP) is 4.17. The van der Waals surface area contributed by atoms with Crippen molar-refractivity contribution in [1.82, 2.24) is 18.8 Å². The topological polar surface area (TPSA) is 94.4 Å². The number of imidazole rings is 1. The highest BCUT2D eigenvalue weighted by Crippen LogP contribution is 2.24. The molecule has 1 aromatic carbocycles. The van der Waals surface area contributed by atoms with E-state index in [9.17, 15) is 13.2 Å². The van der Waals surface area contributed by atoms with Crippen LogP contribution in [0.5, 0.6) is 0 Å². The summed E-state index contributed by atoms with van der Waals surface area (Å²) in [4.78, 5) is 21.6. The highest BCUT2D eigenvalue weighted by Gasteiger charge is 2.36. The molecule has 0 bridgehead atoms. The van der Waals surface area contributed by atoms with E-state index in [1.54, 1.807) is 43.6 Å². The van der Waals surface area contributed by atoms with Gasteiger partial charge in [0.1, 0.15) is 11.9 Å². The number of hydrogen-bond acceptors (Lipinski definition) is 6. The molecule has 0 saturated heterocycles. The molecule has 3 rings (SSSR count). The van der Waals surface area contributed by atoms with Gasteiger partial charge >= 0.3 is 5.97 Å². The fourth-order valence-electron chi connectivity index (χ4n) is 4.05. The number of nitrogens with zero attached hydrogens (tertiary/aromatic N) is 4. The molecule has 184 valence electrons. The molecule has 0 N–H and O–H groups in total. The van der Waals surface area contributed by atoms with E-state index in [2.05, 4.69) is 14.5 Å². The number of benzene rings is 1. The lowest BCUT2D eigenvalue weighted by atomic mass is 10.0. The summed E-state index contributed by atoms with van der Waals surface area (Å²) in [6.07, 6.45) is 4.48. The average molecular weight is 487 g/mol. The van der Waals surface area contributed by atoms with Crippen LogP contribution in [0.25, 0.3) is 11.0 Å². The Balaban J connectivity index is 1.90. The number of carbonyl (C=O) groups excluding carboxylic acids is 1. The maximum Gasteiger partial charge on any atom is 0.324 e. The van der Waals surface area contributed by atoms with Crippen molar-refractivity contribution in [1.29, 1.82) is 0 Å². The SMILES string of the molecule is CCCN(C(CC(C)C)C(=O)OCC)S(=O)(=O)c1ccc(Cn2c(C)nc3ccncc32)cc1. The summed E-state index contributed by atoms with van der Waals surface area (Å²) in [6, 6.07) is 7.85. The first-order valence-electron chi connectivity index (χ1n) is 11.7. The zero-order chi connectivity index (χ0) is 24.9. The lowest BCUT2D eigenvalue weighted by molar-refractivity contribution is -0.148. The molecule has 2 aromatic heterocycles. The molecule has 1 unspecified atom stereocenters. The van der Waals surface area contributed by atoms with Gasteiger partial charge < -0.3 is 9.30 Å². The van der Waals surface area contributed by atoms with Crippen molar-refractivity contribution in [2.45, 2.75) is 64.9 Å². The van der Waals surface area contributed by atoms with Gasteiger partial charge in [0.15, 0.2) is 0 Å². The lowest BCUT2D eigenvalue weighted by Crippen LogP contribution is -2.46. The Bertz CT molecular complexity index is 1220. The molecule has 2 heterocycles. The van der Waals surface area contributed by atoms with Crippen LogP contribution < -0.4 is 0 Å². The van der Waals surface area contributed by atoms with Gasteiger partial charge in [-0.3, -0.25) is 9.78 Å². The Hall–Kier alpha value is -2.78. The van der Waals surface area contributed by atoms with Crippen LogP contribution in [-0.2, 0) is 26.1 Å². The Morgan fingerprint density at radius 1 is 1.15 bits per heavy atom. The molecule has 9 heteroatoms. The number of hydrogen-bond donors (Lipinski definition) is 0. The zero-order valence-electron chi connectivity index (χ0n) is 20.6. The third-order valence-electron chi connectivity index (χ3n) is 5.66. The third-order valence-corrected chi connectivity index (χ3v) is 7.58. The summed E-state index contributed by atoms with van der Waals surface area (Å²) < 4.78 is 35.8. The van der Waals surface area contributed by atoms with Crippen molar-refractivity contribution in [3.05, 3.63) is 54.1 Å². The van der Waals surface area contributed by atoms with Crippen LogP contribution in [0.3, 0.4) is 0 Å². The van der Waals surface area contributed by atoms with Crippen molar-refractivity contribution in [3.8, 4) is 0 Å². The molecule has 34 heavy (non-hydrogen) atoms. The van der Waals surface area contributed by atoms with Crippen LogP contribution in [-0.4, -0.2) is 52.4 Å². The molecule has 0 radical (unpaired) electrons. The Kier molecular flexibility index (Phi) is 8.43. The van der Waals surface area contributed by atoms with Gasteiger partial charge in [-0.1, -0.05) is 32.9 Å². The van der Waals surface area contributed by atoms with Gasteiger partial charge in [0.05, 0.1) is 28.7 Å². The van der Waals surface area contributed by atoms with Crippen molar-refractivity contribution in [2.75, 3.05) is 13.2 Å². The zero-order valence-corrected chi connectivity index (χ0v) is 21.4. The minimum Gasteiger partial charge on any atom is -0.465 e. The largest absolute Gasteiger partial charge is 0.465 e. The van der Waals surface area contributed by atoms with Crippen molar-refractivity contribution in [2.24, 2.45) is 5.92 Å². The van der Waals surface area contributed by atoms with Crippen LogP contribution in [0, 0.1) is 12.8 Å². The quantitative estimate of drug-likeness (QED) is 0.378. The molecule has 0 amide bonds. The number of esters is 1. The molecule has 0 saturated carbocycles. The number of rotatable bonds is 11. The standard InChI is InChI=1S/C25H34N4O4S/c1-6-14-29(23(15-18(3)4)25(30)33-7-2)34(31,32)21-10-8-20(9-11-21)17-28-19(5)27-22-12-13-26-16-24(22)28/h8-13,16,18,23H,6-7,14-15,17H2,1-5H3. The summed E-state index contributed by atoms with van der Waals surface area (Å²) in [5.41, 5.74) is 2.74. The lowest BCUT2D eigenvalue weighted by Gasteiger charge is -2.30. The number of aromatic nitrogens is 3. The van der Waals surface area contributed by atoms with Crippen molar-refractivity contribution in [3.63, 3.8) is 0 Å². The molecule has 0 aliphatic carbocycles. The summed E-state index contributed by atoms with van der Waals surface area (Å²) in [5.74, 6) is 0.495. The van der Waals surface area contributed by atoms with E-state index < -0.39 is 22.0 Å². The van der Waals surface area contributed by atoms with Gasteiger partial charge in [0.2, 0.25) is 10.0 Å². The molecule has 0 spiro atoms. The monoisotopic (exact) mass is 486 g/mol. The molecule has 1 atom stereocenters. The van der Waals surface area contributed by atoms with Gasteiger partial charge in [-0.25, -0.2) is 13.4 Å². The van der Waals surface area contributed by atoms with E-state index >= 15 is 0 Å². The summed E-state index contributed by atoms with van der Waals surface area (Å²) in [6.45, 7) is 10.5. The first kappa shape index (κ1) is 25.8. The molecule has 3 aromatic rings. The Labute approximate surface area is 202 Å². The van der Waals surface area contributed by atoms with Crippen LogP contribution in [0.2, 0.25) is 0 Å².